The van der Waals surface area contributed by atoms with Crippen LogP contribution in [0, 0.1) is 0 Å². The summed E-state index contributed by atoms with van der Waals surface area (Å²) in [5.74, 6) is -0.0193. The minimum atomic E-state index is -0.547. The lowest BCUT2D eigenvalue weighted by atomic mass is 10.1. The van der Waals surface area contributed by atoms with E-state index in [1.54, 1.807) is 6.08 Å². The monoisotopic (exact) mass is 455 g/mol. The van der Waals surface area contributed by atoms with Crippen molar-refractivity contribution in [2.45, 2.75) is 44.1 Å². The standard InChI is InChI=1S/C29H29NO4/c1-2-25(32-19-21-11-5-3-6-12-21)26(33-20-22-13-7-4-8-14-22)27-28(34-27)29(31)30-18-17-23-15-9-10-16-24(23)30/h2-16,25-28H,1,17-20H2/t25-,26+,27?,28?/m1/s1. The Balaban J connectivity index is 1.30. The number of anilines is 1. The van der Waals surface area contributed by atoms with Gasteiger partial charge >= 0.3 is 0 Å². The van der Waals surface area contributed by atoms with Crippen molar-refractivity contribution in [3.63, 3.8) is 0 Å². The first-order chi connectivity index (χ1) is 16.7. The Hall–Kier alpha value is -3.25. The van der Waals surface area contributed by atoms with Crippen LogP contribution in [0.3, 0.4) is 0 Å². The summed E-state index contributed by atoms with van der Waals surface area (Å²) in [6.45, 7) is 5.48. The van der Waals surface area contributed by atoms with Gasteiger partial charge in [0.2, 0.25) is 0 Å². The topological polar surface area (TPSA) is 51.3 Å². The molecule has 1 fully saturated rings. The number of nitrogens with zero attached hydrogens (tertiary/aromatic N) is 1. The first kappa shape index (κ1) is 22.5. The van der Waals surface area contributed by atoms with Gasteiger partial charge in [-0.15, -0.1) is 6.58 Å². The van der Waals surface area contributed by atoms with E-state index in [1.165, 1.54) is 5.56 Å². The van der Waals surface area contributed by atoms with E-state index in [1.807, 2.05) is 83.8 Å². The van der Waals surface area contributed by atoms with Crippen LogP contribution in [0.1, 0.15) is 16.7 Å². The molecule has 0 saturated carbocycles. The maximum absolute atomic E-state index is 13.3. The van der Waals surface area contributed by atoms with Gasteiger partial charge in [-0.25, -0.2) is 0 Å². The van der Waals surface area contributed by atoms with Gasteiger partial charge in [-0.05, 0) is 29.2 Å². The SMILES string of the molecule is C=C[C@@H](OCc1ccccc1)[C@H](OCc1ccccc1)C1OC1C(=O)N1CCc2ccccc21. The minimum Gasteiger partial charge on any atom is -0.368 e. The molecule has 0 N–H and O–H groups in total. The summed E-state index contributed by atoms with van der Waals surface area (Å²) in [7, 11) is 0. The van der Waals surface area contributed by atoms with Gasteiger partial charge in [0.15, 0.2) is 6.10 Å². The van der Waals surface area contributed by atoms with E-state index in [-0.39, 0.29) is 12.0 Å². The molecule has 2 heterocycles. The molecule has 5 heteroatoms. The van der Waals surface area contributed by atoms with E-state index in [2.05, 4.69) is 12.6 Å². The lowest BCUT2D eigenvalue weighted by Crippen LogP contribution is -2.40. The van der Waals surface area contributed by atoms with Gasteiger partial charge in [0, 0.05) is 12.2 Å². The summed E-state index contributed by atoms with van der Waals surface area (Å²) in [4.78, 5) is 15.2. The largest absolute Gasteiger partial charge is 0.368 e. The minimum absolute atomic E-state index is 0.0193. The fraction of sp³-hybridized carbons (Fsp3) is 0.276. The van der Waals surface area contributed by atoms with Gasteiger partial charge in [0.25, 0.3) is 5.91 Å². The molecule has 0 spiro atoms. The zero-order chi connectivity index (χ0) is 23.3. The van der Waals surface area contributed by atoms with E-state index in [4.69, 9.17) is 14.2 Å². The Labute approximate surface area is 200 Å². The Kier molecular flexibility index (Phi) is 6.86. The number of hydrogen-bond donors (Lipinski definition) is 0. The molecule has 2 unspecified atom stereocenters. The van der Waals surface area contributed by atoms with Gasteiger partial charge in [-0.2, -0.15) is 0 Å². The number of hydrogen-bond acceptors (Lipinski definition) is 4. The summed E-state index contributed by atoms with van der Waals surface area (Å²) in [6.07, 6.45) is 0.804. The Morgan fingerprint density at radius 1 is 0.941 bits per heavy atom. The van der Waals surface area contributed by atoms with Gasteiger partial charge in [-0.3, -0.25) is 4.79 Å². The van der Waals surface area contributed by atoms with Crippen molar-refractivity contribution in [1.82, 2.24) is 0 Å². The molecular formula is C29H29NO4. The molecule has 5 nitrogen and oxygen atoms in total. The molecule has 34 heavy (non-hydrogen) atoms. The van der Waals surface area contributed by atoms with Crippen LogP contribution in [0.4, 0.5) is 5.69 Å². The summed E-state index contributed by atoms with van der Waals surface area (Å²) < 4.78 is 18.5. The summed E-state index contributed by atoms with van der Waals surface area (Å²) >= 11 is 0. The number of epoxide rings is 1. The van der Waals surface area contributed by atoms with E-state index >= 15 is 0 Å². The van der Waals surface area contributed by atoms with E-state index in [0.29, 0.717) is 19.8 Å². The average Bonchev–Trinajstić information content (AvgIpc) is 3.57. The quantitative estimate of drug-likeness (QED) is 0.329. The normalized spacial score (nSPS) is 20.4. The molecule has 0 aliphatic carbocycles. The highest BCUT2D eigenvalue weighted by Gasteiger charge is 2.54. The van der Waals surface area contributed by atoms with Gasteiger partial charge in [0.05, 0.1) is 13.2 Å². The molecule has 3 aromatic carbocycles. The van der Waals surface area contributed by atoms with E-state index in [9.17, 15) is 4.79 Å². The molecule has 2 aliphatic heterocycles. The molecule has 2 aliphatic rings. The third kappa shape index (κ3) is 4.97. The van der Waals surface area contributed by atoms with Crippen LogP contribution in [0.25, 0.3) is 0 Å². The molecule has 0 radical (unpaired) electrons. The number of para-hydroxylation sites is 1. The Morgan fingerprint density at radius 3 is 2.24 bits per heavy atom. The fourth-order valence-electron chi connectivity index (χ4n) is 4.50. The lowest BCUT2D eigenvalue weighted by Gasteiger charge is -2.25. The molecule has 0 bridgehead atoms. The predicted molar refractivity (Wildman–Crippen MR) is 131 cm³/mol. The smallest absolute Gasteiger partial charge is 0.258 e. The van der Waals surface area contributed by atoms with Crippen molar-refractivity contribution >= 4 is 11.6 Å². The summed E-state index contributed by atoms with van der Waals surface area (Å²) in [5.41, 5.74) is 4.29. The third-order valence-electron chi connectivity index (χ3n) is 6.37. The number of amides is 1. The number of fused-ring (bicyclic) bond motifs is 1. The zero-order valence-corrected chi connectivity index (χ0v) is 19.1. The second-order valence-corrected chi connectivity index (χ2v) is 8.65. The third-order valence-corrected chi connectivity index (χ3v) is 6.37. The van der Waals surface area contributed by atoms with Gasteiger partial charge < -0.3 is 19.1 Å². The molecular weight excluding hydrogens is 426 g/mol. The van der Waals surface area contributed by atoms with Gasteiger partial charge in [-0.1, -0.05) is 84.9 Å². The van der Waals surface area contributed by atoms with Crippen LogP contribution < -0.4 is 4.90 Å². The second kappa shape index (κ2) is 10.3. The maximum atomic E-state index is 13.3. The second-order valence-electron chi connectivity index (χ2n) is 8.65. The van der Waals surface area contributed by atoms with Crippen LogP contribution in [0.15, 0.2) is 97.6 Å². The van der Waals surface area contributed by atoms with Crippen molar-refractivity contribution in [2.75, 3.05) is 11.4 Å². The highest BCUT2D eigenvalue weighted by molar-refractivity contribution is 6.00. The van der Waals surface area contributed by atoms with Gasteiger partial charge in [0.1, 0.15) is 18.3 Å². The lowest BCUT2D eigenvalue weighted by molar-refractivity contribution is -0.119. The van der Waals surface area contributed by atoms with E-state index in [0.717, 1.165) is 23.2 Å². The number of benzene rings is 3. The first-order valence-corrected chi connectivity index (χ1v) is 11.7. The Bertz CT molecular complexity index is 1120. The molecule has 3 aromatic rings. The van der Waals surface area contributed by atoms with Crippen LogP contribution in [0.2, 0.25) is 0 Å². The number of carbonyl (C=O) groups is 1. The number of ether oxygens (including phenoxy) is 3. The van der Waals surface area contributed by atoms with Crippen molar-refractivity contribution in [1.29, 1.82) is 0 Å². The maximum Gasteiger partial charge on any atom is 0.258 e. The molecule has 0 aromatic heterocycles. The molecule has 1 amide bonds. The highest BCUT2D eigenvalue weighted by Crippen LogP contribution is 2.36. The van der Waals surface area contributed by atoms with Crippen LogP contribution in [-0.2, 0) is 38.6 Å². The number of rotatable bonds is 10. The fourth-order valence-corrected chi connectivity index (χ4v) is 4.50. The van der Waals surface area contributed by atoms with Crippen LogP contribution in [0.5, 0.6) is 0 Å². The van der Waals surface area contributed by atoms with Crippen molar-refractivity contribution < 1.29 is 19.0 Å². The summed E-state index contributed by atoms with van der Waals surface area (Å²) in [5, 5.41) is 0. The number of carbonyl (C=O) groups excluding carboxylic acids is 1. The van der Waals surface area contributed by atoms with Crippen LogP contribution >= 0.6 is 0 Å². The Morgan fingerprint density at radius 2 is 1.56 bits per heavy atom. The molecule has 174 valence electrons. The first-order valence-electron chi connectivity index (χ1n) is 11.7. The van der Waals surface area contributed by atoms with Crippen molar-refractivity contribution in [3.05, 3.63) is 114 Å². The van der Waals surface area contributed by atoms with E-state index < -0.39 is 18.3 Å². The zero-order valence-electron chi connectivity index (χ0n) is 19.1. The average molecular weight is 456 g/mol. The molecule has 1 saturated heterocycles. The van der Waals surface area contributed by atoms with Crippen molar-refractivity contribution in [2.24, 2.45) is 0 Å². The van der Waals surface area contributed by atoms with Crippen LogP contribution in [-0.4, -0.2) is 36.9 Å². The molecule has 5 rings (SSSR count). The van der Waals surface area contributed by atoms with Crippen molar-refractivity contribution in [3.8, 4) is 0 Å². The summed E-state index contributed by atoms with van der Waals surface area (Å²) in [6, 6.07) is 28.0. The predicted octanol–water partition coefficient (Wildman–Crippen LogP) is 4.70. The highest BCUT2D eigenvalue weighted by atomic mass is 16.6. The molecule has 4 atom stereocenters.